The molecular weight excluding hydrogens is 256 g/mol. The first kappa shape index (κ1) is 18.7. The zero-order valence-electron chi connectivity index (χ0n) is 13.6. The fourth-order valence-corrected chi connectivity index (χ4v) is 2.32. The summed E-state index contributed by atoms with van der Waals surface area (Å²) < 4.78 is 0. The van der Waals surface area contributed by atoms with E-state index in [0.717, 1.165) is 0 Å². The van der Waals surface area contributed by atoms with Gasteiger partial charge in [0, 0.05) is 19.6 Å². The first-order valence-corrected chi connectivity index (χ1v) is 7.46. The summed E-state index contributed by atoms with van der Waals surface area (Å²) in [5.74, 6) is 0.00590. The molecule has 0 saturated heterocycles. The van der Waals surface area contributed by atoms with Gasteiger partial charge in [-0.2, -0.15) is 0 Å². The maximum absolute atomic E-state index is 12.1. The summed E-state index contributed by atoms with van der Waals surface area (Å²) in [6.07, 6.45) is 0. The molecule has 1 unspecified atom stereocenters. The van der Waals surface area contributed by atoms with Gasteiger partial charge in [-0.25, -0.2) is 4.79 Å². The molecule has 0 aromatic heterocycles. The second-order valence-electron chi connectivity index (χ2n) is 6.12. The number of nitrogens with zero attached hydrogens (tertiary/aromatic N) is 1. The third kappa shape index (κ3) is 6.26. The number of amides is 2. The second-order valence-corrected chi connectivity index (χ2v) is 6.12. The third-order valence-corrected chi connectivity index (χ3v) is 3.79. The molecule has 2 N–H and O–H groups in total. The predicted molar refractivity (Wildman–Crippen MR) is 80.6 cm³/mol. The standard InChI is InChI=1S/C15H30N2O3/c1-7-17(9-12(6)14(18)19)15(20)16-8-13(10(2)3)11(4)5/h10-13H,7-9H2,1-6H3,(H,16,20)(H,18,19). The molecule has 0 aromatic rings. The van der Waals surface area contributed by atoms with Gasteiger partial charge in [-0.1, -0.05) is 34.6 Å². The Kier molecular flexibility index (Phi) is 8.26. The highest BCUT2D eigenvalue weighted by molar-refractivity contribution is 5.75. The fourth-order valence-electron chi connectivity index (χ4n) is 2.32. The monoisotopic (exact) mass is 286 g/mol. The largest absolute Gasteiger partial charge is 0.481 e. The normalized spacial score (nSPS) is 12.8. The molecule has 0 fully saturated rings. The van der Waals surface area contributed by atoms with Crippen molar-refractivity contribution in [2.75, 3.05) is 19.6 Å². The molecular formula is C15H30N2O3. The van der Waals surface area contributed by atoms with E-state index in [1.165, 1.54) is 0 Å². The van der Waals surface area contributed by atoms with Gasteiger partial charge in [-0.05, 0) is 24.7 Å². The Labute approximate surface area is 122 Å². The summed E-state index contributed by atoms with van der Waals surface area (Å²) in [4.78, 5) is 24.5. The minimum absolute atomic E-state index is 0.174. The number of carbonyl (C=O) groups excluding carboxylic acids is 1. The molecule has 0 rings (SSSR count). The van der Waals surface area contributed by atoms with E-state index in [4.69, 9.17) is 5.11 Å². The number of hydrogen-bond acceptors (Lipinski definition) is 2. The van der Waals surface area contributed by atoms with Crippen LogP contribution in [-0.2, 0) is 4.79 Å². The molecule has 0 radical (unpaired) electrons. The summed E-state index contributed by atoms with van der Waals surface area (Å²) in [5, 5.41) is 11.8. The van der Waals surface area contributed by atoms with E-state index in [-0.39, 0.29) is 12.6 Å². The van der Waals surface area contributed by atoms with Crippen molar-refractivity contribution in [1.82, 2.24) is 10.2 Å². The van der Waals surface area contributed by atoms with Crippen LogP contribution in [0.5, 0.6) is 0 Å². The SMILES string of the molecule is CCN(CC(C)C(=O)O)C(=O)NCC(C(C)C)C(C)C. The van der Waals surface area contributed by atoms with Gasteiger partial charge in [0.1, 0.15) is 0 Å². The van der Waals surface area contributed by atoms with Crippen LogP contribution in [0.1, 0.15) is 41.5 Å². The van der Waals surface area contributed by atoms with E-state index < -0.39 is 11.9 Å². The number of carbonyl (C=O) groups is 2. The van der Waals surface area contributed by atoms with Crippen molar-refractivity contribution in [2.45, 2.75) is 41.5 Å². The number of hydrogen-bond donors (Lipinski definition) is 2. The van der Waals surface area contributed by atoms with E-state index in [1.807, 2.05) is 6.92 Å². The minimum atomic E-state index is -0.876. The number of carboxylic acids is 1. The van der Waals surface area contributed by atoms with E-state index in [2.05, 4.69) is 33.0 Å². The van der Waals surface area contributed by atoms with Gasteiger partial charge >= 0.3 is 12.0 Å². The van der Waals surface area contributed by atoms with E-state index in [0.29, 0.717) is 30.8 Å². The van der Waals surface area contributed by atoms with Gasteiger partial charge in [-0.15, -0.1) is 0 Å². The topological polar surface area (TPSA) is 69.6 Å². The van der Waals surface area contributed by atoms with Gasteiger partial charge in [0.15, 0.2) is 0 Å². The first-order chi connectivity index (χ1) is 9.20. The van der Waals surface area contributed by atoms with Gasteiger partial charge in [0.2, 0.25) is 0 Å². The summed E-state index contributed by atoms with van der Waals surface area (Å²) in [7, 11) is 0. The molecule has 118 valence electrons. The van der Waals surface area contributed by atoms with Crippen molar-refractivity contribution in [1.29, 1.82) is 0 Å². The first-order valence-electron chi connectivity index (χ1n) is 7.46. The lowest BCUT2D eigenvalue weighted by Crippen LogP contribution is -2.45. The van der Waals surface area contributed by atoms with Crippen molar-refractivity contribution in [3.8, 4) is 0 Å². The van der Waals surface area contributed by atoms with E-state index in [9.17, 15) is 9.59 Å². The van der Waals surface area contributed by atoms with E-state index in [1.54, 1.807) is 11.8 Å². The molecule has 0 aliphatic heterocycles. The molecule has 0 aliphatic rings. The predicted octanol–water partition coefficient (Wildman–Crippen LogP) is 2.67. The lowest BCUT2D eigenvalue weighted by atomic mass is 9.85. The van der Waals surface area contributed by atoms with Gasteiger partial charge in [0.25, 0.3) is 0 Å². The van der Waals surface area contributed by atoms with Crippen molar-refractivity contribution >= 4 is 12.0 Å². The van der Waals surface area contributed by atoms with Gasteiger partial charge in [-0.3, -0.25) is 4.79 Å². The number of aliphatic carboxylic acids is 1. The Bertz CT molecular complexity index is 308. The Hall–Kier alpha value is -1.26. The van der Waals surface area contributed by atoms with Crippen molar-refractivity contribution < 1.29 is 14.7 Å². The summed E-state index contributed by atoms with van der Waals surface area (Å²) in [6.45, 7) is 13.5. The van der Waals surface area contributed by atoms with Crippen molar-refractivity contribution in [3.63, 3.8) is 0 Å². The van der Waals surface area contributed by atoms with Crippen LogP contribution in [0.15, 0.2) is 0 Å². The highest BCUT2D eigenvalue weighted by Gasteiger charge is 2.22. The van der Waals surface area contributed by atoms with Crippen LogP contribution in [0.2, 0.25) is 0 Å². The lowest BCUT2D eigenvalue weighted by molar-refractivity contribution is -0.141. The minimum Gasteiger partial charge on any atom is -0.481 e. The van der Waals surface area contributed by atoms with Crippen LogP contribution in [0.3, 0.4) is 0 Å². The maximum Gasteiger partial charge on any atom is 0.317 e. The Morgan fingerprint density at radius 1 is 1.10 bits per heavy atom. The summed E-state index contributed by atoms with van der Waals surface area (Å²) in [5.41, 5.74) is 0. The molecule has 0 heterocycles. The van der Waals surface area contributed by atoms with Crippen LogP contribution >= 0.6 is 0 Å². The molecule has 5 heteroatoms. The lowest BCUT2D eigenvalue weighted by Gasteiger charge is -2.28. The smallest absolute Gasteiger partial charge is 0.317 e. The number of urea groups is 1. The molecule has 0 aromatic carbocycles. The van der Waals surface area contributed by atoms with Crippen LogP contribution in [0, 0.1) is 23.7 Å². The highest BCUT2D eigenvalue weighted by Crippen LogP contribution is 2.19. The average molecular weight is 286 g/mol. The average Bonchev–Trinajstić information content (AvgIpc) is 2.34. The summed E-state index contributed by atoms with van der Waals surface area (Å²) in [6, 6.07) is -0.174. The van der Waals surface area contributed by atoms with Gasteiger partial charge < -0.3 is 15.3 Å². The fraction of sp³-hybridized carbons (Fsp3) is 0.867. The molecule has 0 bridgehead atoms. The Morgan fingerprint density at radius 3 is 1.95 bits per heavy atom. The molecule has 20 heavy (non-hydrogen) atoms. The third-order valence-electron chi connectivity index (χ3n) is 3.79. The quantitative estimate of drug-likeness (QED) is 0.720. The van der Waals surface area contributed by atoms with Gasteiger partial charge in [0.05, 0.1) is 5.92 Å². The Balaban J connectivity index is 4.45. The van der Waals surface area contributed by atoms with E-state index >= 15 is 0 Å². The molecule has 2 amide bonds. The summed E-state index contributed by atoms with van der Waals surface area (Å²) >= 11 is 0. The maximum atomic E-state index is 12.1. The highest BCUT2D eigenvalue weighted by atomic mass is 16.4. The molecule has 1 atom stereocenters. The zero-order chi connectivity index (χ0) is 15.9. The number of nitrogens with one attached hydrogen (secondary N) is 1. The van der Waals surface area contributed by atoms with Crippen LogP contribution in [-0.4, -0.2) is 41.6 Å². The second kappa shape index (κ2) is 8.82. The Morgan fingerprint density at radius 2 is 1.60 bits per heavy atom. The molecule has 0 saturated carbocycles. The van der Waals surface area contributed by atoms with Crippen molar-refractivity contribution in [2.24, 2.45) is 23.7 Å². The molecule has 0 spiro atoms. The van der Waals surface area contributed by atoms with Crippen LogP contribution < -0.4 is 5.32 Å². The molecule has 5 nitrogen and oxygen atoms in total. The zero-order valence-corrected chi connectivity index (χ0v) is 13.6. The van der Waals surface area contributed by atoms with Crippen LogP contribution in [0.4, 0.5) is 4.79 Å². The van der Waals surface area contributed by atoms with Crippen LogP contribution in [0.25, 0.3) is 0 Å². The molecule has 0 aliphatic carbocycles. The van der Waals surface area contributed by atoms with Crippen molar-refractivity contribution in [3.05, 3.63) is 0 Å². The number of carboxylic acid groups (broad SMARTS) is 1. The number of rotatable bonds is 8.